The molecule has 1 N–H and O–H groups in total. The number of carbonyl (C=O) groups is 1. The maximum Gasteiger partial charge on any atom is 0.416 e. The first kappa shape index (κ1) is 21.1. The Morgan fingerprint density at radius 1 is 1.11 bits per heavy atom. The third-order valence-corrected chi connectivity index (χ3v) is 3.96. The van der Waals surface area contributed by atoms with Gasteiger partial charge in [0.15, 0.2) is 0 Å². The topological polar surface area (TPSA) is 47.6 Å². The zero-order chi connectivity index (χ0) is 20.0. The van der Waals surface area contributed by atoms with Gasteiger partial charge in [-0.1, -0.05) is 11.6 Å². The summed E-state index contributed by atoms with van der Waals surface area (Å²) in [6, 6.07) is 7.49. The van der Waals surface area contributed by atoms with E-state index >= 15 is 0 Å². The average Bonchev–Trinajstić information content (AvgIpc) is 2.61. The fraction of sp³-hybridized carbons (Fsp3) is 0.316. The number of amides is 1. The van der Waals surface area contributed by atoms with E-state index < -0.39 is 17.6 Å². The summed E-state index contributed by atoms with van der Waals surface area (Å²) in [4.78, 5) is 12.5. The van der Waals surface area contributed by atoms with Gasteiger partial charge in [-0.05, 0) is 50.2 Å². The van der Waals surface area contributed by atoms with Crippen LogP contribution in [0.5, 0.6) is 5.75 Å². The molecule has 0 saturated heterocycles. The molecule has 146 valence electrons. The molecule has 1 amide bonds. The van der Waals surface area contributed by atoms with E-state index in [4.69, 9.17) is 21.1 Å². The summed E-state index contributed by atoms with van der Waals surface area (Å²) in [6.07, 6.45) is -4.53. The Bertz CT molecular complexity index is 809. The zero-order valence-corrected chi connectivity index (χ0v) is 15.6. The van der Waals surface area contributed by atoms with E-state index in [0.29, 0.717) is 24.5 Å². The van der Waals surface area contributed by atoms with Crippen molar-refractivity contribution in [2.45, 2.75) is 26.6 Å². The van der Waals surface area contributed by atoms with Gasteiger partial charge in [-0.2, -0.15) is 13.2 Å². The average molecular weight is 402 g/mol. The van der Waals surface area contributed by atoms with Crippen LogP contribution in [0.3, 0.4) is 0 Å². The number of hydrogen-bond acceptors (Lipinski definition) is 3. The van der Waals surface area contributed by atoms with E-state index in [1.807, 2.05) is 13.8 Å². The van der Waals surface area contributed by atoms with Gasteiger partial charge in [-0.25, -0.2) is 0 Å². The highest BCUT2D eigenvalue weighted by Crippen LogP contribution is 2.34. The highest BCUT2D eigenvalue weighted by molar-refractivity contribution is 6.34. The van der Waals surface area contributed by atoms with Gasteiger partial charge in [0.1, 0.15) is 5.75 Å². The summed E-state index contributed by atoms with van der Waals surface area (Å²) in [7, 11) is 0. The van der Waals surface area contributed by atoms with Crippen LogP contribution in [-0.2, 0) is 17.5 Å². The molecule has 0 fully saturated rings. The zero-order valence-electron chi connectivity index (χ0n) is 14.8. The van der Waals surface area contributed by atoms with Crippen molar-refractivity contribution in [3.05, 3.63) is 58.1 Å². The predicted octanol–water partition coefficient (Wildman–Crippen LogP) is 5.55. The molecule has 4 nitrogen and oxygen atoms in total. The third-order valence-electron chi connectivity index (χ3n) is 3.63. The van der Waals surface area contributed by atoms with Crippen LogP contribution >= 0.6 is 11.6 Å². The molecule has 0 unspecified atom stereocenters. The van der Waals surface area contributed by atoms with Crippen LogP contribution in [0.1, 0.15) is 35.3 Å². The van der Waals surface area contributed by atoms with E-state index in [-0.39, 0.29) is 22.9 Å². The van der Waals surface area contributed by atoms with Crippen LogP contribution in [0.2, 0.25) is 5.02 Å². The molecule has 27 heavy (non-hydrogen) atoms. The molecule has 2 rings (SSSR count). The summed E-state index contributed by atoms with van der Waals surface area (Å²) < 4.78 is 49.5. The summed E-state index contributed by atoms with van der Waals surface area (Å²) in [6.45, 7) is 4.86. The van der Waals surface area contributed by atoms with Crippen LogP contribution in [0, 0.1) is 0 Å². The van der Waals surface area contributed by atoms with Gasteiger partial charge in [0.25, 0.3) is 5.91 Å². The molecule has 0 spiro atoms. The predicted molar refractivity (Wildman–Crippen MR) is 97.3 cm³/mol. The first-order valence-electron chi connectivity index (χ1n) is 8.27. The number of carbonyl (C=O) groups excluding carboxylic acids is 1. The molecule has 0 aliphatic carbocycles. The Hall–Kier alpha value is -2.25. The van der Waals surface area contributed by atoms with E-state index in [9.17, 15) is 18.0 Å². The summed E-state index contributed by atoms with van der Waals surface area (Å²) in [5.41, 5.74) is -0.0919. The molecule has 0 bridgehead atoms. The van der Waals surface area contributed by atoms with Crippen LogP contribution in [0.25, 0.3) is 0 Å². The largest absolute Gasteiger partial charge is 0.494 e. The second-order valence-corrected chi connectivity index (χ2v) is 5.95. The van der Waals surface area contributed by atoms with Gasteiger partial charge < -0.3 is 14.8 Å². The quantitative estimate of drug-likeness (QED) is 0.662. The van der Waals surface area contributed by atoms with Crippen LogP contribution in [-0.4, -0.2) is 19.1 Å². The number of nitrogens with one attached hydrogen (secondary N) is 1. The van der Waals surface area contributed by atoms with Gasteiger partial charge >= 0.3 is 6.18 Å². The molecule has 0 aliphatic heterocycles. The lowest BCUT2D eigenvalue weighted by Crippen LogP contribution is -2.14. The van der Waals surface area contributed by atoms with E-state index in [2.05, 4.69) is 5.32 Å². The van der Waals surface area contributed by atoms with E-state index in [1.54, 1.807) is 12.1 Å². The van der Waals surface area contributed by atoms with Gasteiger partial charge in [-0.3, -0.25) is 4.79 Å². The highest BCUT2D eigenvalue weighted by atomic mass is 35.5. The Morgan fingerprint density at radius 3 is 2.48 bits per heavy atom. The monoisotopic (exact) mass is 401 g/mol. The van der Waals surface area contributed by atoms with Crippen molar-refractivity contribution in [2.75, 3.05) is 18.5 Å². The Kier molecular flexibility index (Phi) is 7.10. The number of benzene rings is 2. The summed E-state index contributed by atoms with van der Waals surface area (Å²) in [5, 5.41) is 2.43. The van der Waals surface area contributed by atoms with E-state index in [1.165, 1.54) is 6.07 Å². The second kappa shape index (κ2) is 9.10. The lowest BCUT2D eigenvalue weighted by Gasteiger charge is -2.14. The lowest BCUT2D eigenvalue weighted by molar-refractivity contribution is -0.137. The van der Waals surface area contributed by atoms with E-state index in [0.717, 1.165) is 18.2 Å². The molecule has 0 atom stereocenters. The van der Waals surface area contributed by atoms with Crippen molar-refractivity contribution >= 4 is 23.2 Å². The smallest absolute Gasteiger partial charge is 0.416 e. The molecule has 0 saturated carbocycles. The first-order valence-corrected chi connectivity index (χ1v) is 8.65. The van der Waals surface area contributed by atoms with Crippen LogP contribution in [0.4, 0.5) is 18.9 Å². The van der Waals surface area contributed by atoms with Crippen molar-refractivity contribution < 1.29 is 27.4 Å². The third kappa shape index (κ3) is 5.61. The Labute approximate surface area is 160 Å². The highest BCUT2D eigenvalue weighted by Gasteiger charge is 2.31. The second-order valence-electron chi connectivity index (χ2n) is 5.54. The first-order chi connectivity index (χ1) is 12.8. The molecule has 0 radical (unpaired) electrons. The summed E-state index contributed by atoms with van der Waals surface area (Å²) >= 11 is 5.92. The standard InChI is InChI=1S/C19H19ClF3NO3/c1-3-26-11-13-9-12(5-8-17(13)27-4-2)18(25)24-16-10-14(19(21,22)23)6-7-15(16)20/h5-10H,3-4,11H2,1-2H3,(H,24,25). The maximum atomic E-state index is 12.9. The van der Waals surface area contributed by atoms with Crippen molar-refractivity contribution in [3.63, 3.8) is 0 Å². The minimum absolute atomic E-state index is 0.0110. The minimum Gasteiger partial charge on any atom is -0.494 e. The van der Waals surface area contributed by atoms with Gasteiger partial charge in [-0.15, -0.1) is 0 Å². The fourth-order valence-corrected chi connectivity index (χ4v) is 2.50. The molecule has 8 heteroatoms. The molecule has 0 heterocycles. The summed E-state index contributed by atoms with van der Waals surface area (Å²) in [5.74, 6) is -0.00313. The normalized spacial score (nSPS) is 11.3. The van der Waals surface area contributed by atoms with Gasteiger partial charge in [0, 0.05) is 17.7 Å². The Morgan fingerprint density at radius 2 is 1.85 bits per heavy atom. The number of alkyl halides is 3. The number of halogens is 4. The number of rotatable bonds is 7. The maximum absolute atomic E-state index is 12.9. The molecule has 2 aromatic carbocycles. The minimum atomic E-state index is -4.53. The van der Waals surface area contributed by atoms with Crippen LogP contribution < -0.4 is 10.1 Å². The van der Waals surface area contributed by atoms with Gasteiger partial charge in [0.05, 0.1) is 29.5 Å². The molecule has 0 aromatic heterocycles. The van der Waals surface area contributed by atoms with Crippen molar-refractivity contribution in [1.82, 2.24) is 0 Å². The number of anilines is 1. The molecule has 2 aromatic rings. The molecular formula is C19H19ClF3NO3. The van der Waals surface area contributed by atoms with Crippen molar-refractivity contribution in [2.24, 2.45) is 0 Å². The fourth-order valence-electron chi connectivity index (χ4n) is 2.33. The lowest BCUT2D eigenvalue weighted by atomic mass is 10.1. The van der Waals surface area contributed by atoms with Crippen molar-refractivity contribution in [3.8, 4) is 5.75 Å². The number of hydrogen-bond donors (Lipinski definition) is 1. The molecular weight excluding hydrogens is 383 g/mol. The van der Waals surface area contributed by atoms with Gasteiger partial charge in [0.2, 0.25) is 0 Å². The molecule has 0 aliphatic rings. The van der Waals surface area contributed by atoms with Crippen molar-refractivity contribution in [1.29, 1.82) is 0 Å². The number of ether oxygens (including phenoxy) is 2. The Balaban J connectivity index is 2.27. The SMILES string of the molecule is CCOCc1cc(C(=O)Nc2cc(C(F)(F)F)ccc2Cl)ccc1OCC. The van der Waals surface area contributed by atoms with Crippen LogP contribution in [0.15, 0.2) is 36.4 Å².